The number of hydrogen-bond donors (Lipinski definition) is 1. The van der Waals surface area contributed by atoms with Gasteiger partial charge in [0, 0.05) is 28.2 Å². The quantitative estimate of drug-likeness (QED) is 0.510. The first-order chi connectivity index (χ1) is 13.9. The van der Waals surface area contributed by atoms with E-state index < -0.39 is 0 Å². The highest BCUT2D eigenvalue weighted by Crippen LogP contribution is 2.23. The third-order valence-corrected chi connectivity index (χ3v) is 5.57. The maximum absolute atomic E-state index is 12.6. The Hall–Kier alpha value is -3.39. The van der Waals surface area contributed by atoms with Gasteiger partial charge in [0.05, 0.1) is 11.3 Å². The summed E-state index contributed by atoms with van der Waals surface area (Å²) in [5.41, 5.74) is 3.66. The molecule has 3 aromatic heterocycles. The van der Waals surface area contributed by atoms with Gasteiger partial charge in [-0.1, -0.05) is 6.07 Å². The molecular weight excluding hydrogens is 386 g/mol. The number of thiophene rings is 1. The molecule has 0 aliphatic carbocycles. The molecule has 8 heteroatoms. The number of ketones is 1. The van der Waals surface area contributed by atoms with Crippen molar-refractivity contribution in [3.05, 3.63) is 64.3 Å². The summed E-state index contributed by atoms with van der Waals surface area (Å²) in [7, 11) is 0. The SMILES string of the molecule is CC(=O)c1ccc(NC(=O)Cc2c(C)nc3nc(-c4cccs4)nn3c2C)cc1. The smallest absolute Gasteiger partial charge is 0.253 e. The van der Waals surface area contributed by atoms with E-state index >= 15 is 0 Å². The molecule has 29 heavy (non-hydrogen) atoms. The van der Waals surface area contributed by atoms with E-state index in [2.05, 4.69) is 20.4 Å². The fourth-order valence-electron chi connectivity index (χ4n) is 3.13. The van der Waals surface area contributed by atoms with Crippen LogP contribution in [0.4, 0.5) is 5.69 Å². The summed E-state index contributed by atoms with van der Waals surface area (Å²) in [6.45, 7) is 5.30. The van der Waals surface area contributed by atoms with E-state index in [1.54, 1.807) is 40.1 Å². The summed E-state index contributed by atoms with van der Waals surface area (Å²) in [4.78, 5) is 34.0. The molecule has 7 nitrogen and oxygen atoms in total. The summed E-state index contributed by atoms with van der Waals surface area (Å²) < 4.78 is 1.69. The van der Waals surface area contributed by atoms with Crippen LogP contribution >= 0.6 is 11.3 Å². The van der Waals surface area contributed by atoms with Crippen LogP contribution in [-0.4, -0.2) is 31.3 Å². The maximum atomic E-state index is 12.6. The number of fused-ring (bicyclic) bond motifs is 1. The predicted octanol–water partition coefficient (Wildman–Crippen LogP) is 3.85. The Morgan fingerprint density at radius 1 is 1.10 bits per heavy atom. The standard InChI is InChI=1S/C21H19N5O2S/c1-12-17(11-19(28)23-16-8-6-15(7-9-16)14(3)27)13(2)26-21(22-12)24-20(25-26)18-5-4-10-29-18/h4-10H,11H2,1-3H3,(H,23,28). The lowest BCUT2D eigenvalue weighted by molar-refractivity contribution is -0.115. The zero-order chi connectivity index (χ0) is 20.5. The minimum absolute atomic E-state index is 0.0109. The molecule has 1 N–H and O–H groups in total. The number of nitrogens with one attached hydrogen (secondary N) is 1. The van der Waals surface area contributed by atoms with E-state index in [4.69, 9.17) is 0 Å². The Balaban J connectivity index is 1.58. The van der Waals surface area contributed by atoms with Crippen molar-refractivity contribution in [2.24, 2.45) is 0 Å². The van der Waals surface area contributed by atoms with Crippen LogP contribution in [0.2, 0.25) is 0 Å². The Morgan fingerprint density at radius 3 is 2.52 bits per heavy atom. The summed E-state index contributed by atoms with van der Waals surface area (Å²) in [6.07, 6.45) is 0.170. The number of aryl methyl sites for hydroxylation is 2. The number of anilines is 1. The second-order valence-electron chi connectivity index (χ2n) is 6.74. The van der Waals surface area contributed by atoms with Crippen molar-refractivity contribution in [1.29, 1.82) is 0 Å². The van der Waals surface area contributed by atoms with Crippen LogP contribution in [0.15, 0.2) is 41.8 Å². The van der Waals surface area contributed by atoms with Gasteiger partial charge in [-0.15, -0.1) is 16.4 Å². The lowest BCUT2D eigenvalue weighted by Gasteiger charge is -2.11. The summed E-state index contributed by atoms with van der Waals surface area (Å²) >= 11 is 1.57. The van der Waals surface area contributed by atoms with Crippen LogP contribution in [0, 0.1) is 13.8 Å². The molecule has 0 saturated heterocycles. The molecule has 0 aliphatic heterocycles. The molecule has 0 atom stereocenters. The number of rotatable bonds is 5. The average molecular weight is 405 g/mol. The molecule has 1 aromatic carbocycles. The Morgan fingerprint density at radius 2 is 1.86 bits per heavy atom. The van der Waals surface area contributed by atoms with E-state index in [0.29, 0.717) is 22.9 Å². The Bertz CT molecular complexity index is 1210. The van der Waals surface area contributed by atoms with Gasteiger partial charge in [-0.3, -0.25) is 9.59 Å². The molecule has 0 unspecified atom stereocenters. The van der Waals surface area contributed by atoms with E-state index in [-0.39, 0.29) is 18.1 Å². The Kier molecular flexibility index (Phi) is 4.94. The van der Waals surface area contributed by atoms with Crippen molar-refractivity contribution in [3.63, 3.8) is 0 Å². The van der Waals surface area contributed by atoms with E-state index in [1.165, 1.54) is 6.92 Å². The first-order valence-electron chi connectivity index (χ1n) is 9.10. The number of benzene rings is 1. The van der Waals surface area contributed by atoms with Crippen LogP contribution in [0.1, 0.15) is 34.2 Å². The molecule has 0 aliphatic rings. The summed E-state index contributed by atoms with van der Waals surface area (Å²) in [6, 6.07) is 10.8. The normalized spacial score (nSPS) is 11.0. The largest absolute Gasteiger partial charge is 0.326 e. The van der Waals surface area contributed by atoms with Crippen LogP contribution < -0.4 is 5.32 Å². The van der Waals surface area contributed by atoms with Crippen molar-refractivity contribution in [1.82, 2.24) is 19.6 Å². The number of amides is 1. The zero-order valence-electron chi connectivity index (χ0n) is 16.3. The van der Waals surface area contributed by atoms with Gasteiger partial charge in [0.1, 0.15) is 0 Å². The van der Waals surface area contributed by atoms with Gasteiger partial charge >= 0.3 is 0 Å². The van der Waals surface area contributed by atoms with Gasteiger partial charge in [0.15, 0.2) is 11.6 Å². The minimum atomic E-state index is -0.161. The van der Waals surface area contributed by atoms with E-state index in [1.807, 2.05) is 31.4 Å². The lowest BCUT2D eigenvalue weighted by Crippen LogP contribution is -2.17. The number of Topliss-reactive ketones (excluding diaryl/α,β-unsaturated/α-hetero) is 1. The van der Waals surface area contributed by atoms with Crippen molar-refractivity contribution >= 4 is 34.5 Å². The molecule has 0 fully saturated rings. The molecule has 4 aromatic rings. The third kappa shape index (κ3) is 3.79. The van der Waals surface area contributed by atoms with Crippen molar-refractivity contribution < 1.29 is 9.59 Å². The van der Waals surface area contributed by atoms with Gasteiger partial charge in [0.2, 0.25) is 5.91 Å². The Labute approximate surface area is 171 Å². The highest BCUT2D eigenvalue weighted by atomic mass is 32.1. The maximum Gasteiger partial charge on any atom is 0.253 e. The molecule has 0 spiro atoms. The molecule has 3 heterocycles. The fraction of sp³-hybridized carbons (Fsp3) is 0.190. The van der Waals surface area contributed by atoms with Crippen LogP contribution in [0.3, 0.4) is 0 Å². The molecular formula is C21H19N5O2S. The third-order valence-electron chi connectivity index (χ3n) is 4.70. The van der Waals surface area contributed by atoms with Gasteiger partial charge in [-0.25, -0.2) is 9.50 Å². The second-order valence-corrected chi connectivity index (χ2v) is 7.69. The highest BCUT2D eigenvalue weighted by molar-refractivity contribution is 7.13. The molecule has 146 valence electrons. The number of carbonyl (C=O) groups is 2. The fourth-order valence-corrected chi connectivity index (χ4v) is 3.78. The second kappa shape index (κ2) is 7.56. The van der Waals surface area contributed by atoms with Gasteiger partial charge in [0.25, 0.3) is 5.78 Å². The lowest BCUT2D eigenvalue weighted by atomic mass is 10.1. The predicted molar refractivity (Wildman–Crippen MR) is 112 cm³/mol. The van der Waals surface area contributed by atoms with E-state index in [9.17, 15) is 9.59 Å². The first kappa shape index (κ1) is 18.9. The van der Waals surface area contributed by atoms with Gasteiger partial charge < -0.3 is 5.32 Å². The topological polar surface area (TPSA) is 89.2 Å². The van der Waals surface area contributed by atoms with Gasteiger partial charge in [-0.05, 0) is 56.5 Å². The van der Waals surface area contributed by atoms with Crippen molar-refractivity contribution in [2.75, 3.05) is 5.32 Å². The van der Waals surface area contributed by atoms with Crippen LogP contribution in [0.25, 0.3) is 16.5 Å². The zero-order valence-corrected chi connectivity index (χ0v) is 17.1. The molecule has 0 radical (unpaired) electrons. The number of nitrogens with zero attached hydrogens (tertiary/aromatic N) is 4. The monoisotopic (exact) mass is 405 g/mol. The molecule has 4 rings (SSSR count). The number of carbonyl (C=O) groups excluding carboxylic acids is 2. The summed E-state index contributed by atoms with van der Waals surface area (Å²) in [5, 5.41) is 9.41. The van der Waals surface area contributed by atoms with Crippen LogP contribution in [0.5, 0.6) is 0 Å². The van der Waals surface area contributed by atoms with Crippen molar-refractivity contribution in [3.8, 4) is 10.7 Å². The number of hydrogen-bond acceptors (Lipinski definition) is 6. The average Bonchev–Trinajstić information content (AvgIpc) is 3.35. The minimum Gasteiger partial charge on any atom is -0.326 e. The van der Waals surface area contributed by atoms with Crippen molar-refractivity contribution in [2.45, 2.75) is 27.2 Å². The highest BCUT2D eigenvalue weighted by Gasteiger charge is 2.17. The molecule has 0 saturated carbocycles. The first-order valence-corrected chi connectivity index (χ1v) is 9.98. The summed E-state index contributed by atoms with van der Waals surface area (Å²) in [5.74, 6) is 0.976. The van der Waals surface area contributed by atoms with E-state index in [0.717, 1.165) is 21.8 Å². The van der Waals surface area contributed by atoms with Crippen LogP contribution in [-0.2, 0) is 11.2 Å². The van der Waals surface area contributed by atoms with Gasteiger partial charge in [-0.2, -0.15) is 4.98 Å². The molecule has 1 amide bonds. The molecule has 0 bridgehead atoms. The number of aromatic nitrogens is 4.